The fourth-order valence-corrected chi connectivity index (χ4v) is 4.62. The van der Waals surface area contributed by atoms with E-state index in [-0.39, 0.29) is 5.84 Å². The minimum Gasteiger partial charge on any atom is -0.384 e. The van der Waals surface area contributed by atoms with Crippen molar-refractivity contribution in [3.8, 4) is 0 Å². The van der Waals surface area contributed by atoms with Crippen LogP contribution in [0.3, 0.4) is 0 Å². The highest BCUT2D eigenvalue weighted by Gasteiger charge is 2.24. The first kappa shape index (κ1) is 18.8. The molecular formula is C24H30N4. The molecule has 4 nitrogen and oxygen atoms in total. The van der Waals surface area contributed by atoms with E-state index < -0.39 is 0 Å². The predicted molar refractivity (Wildman–Crippen MR) is 117 cm³/mol. The molecule has 4 rings (SSSR count). The molecule has 3 N–H and O–H groups in total. The van der Waals surface area contributed by atoms with Crippen LogP contribution in [0.2, 0.25) is 0 Å². The van der Waals surface area contributed by atoms with Crippen molar-refractivity contribution in [2.45, 2.75) is 51.7 Å². The third-order valence-corrected chi connectivity index (χ3v) is 6.08. The van der Waals surface area contributed by atoms with Crippen molar-refractivity contribution in [1.82, 2.24) is 9.47 Å². The van der Waals surface area contributed by atoms with E-state index in [0.717, 1.165) is 25.1 Å². The lowest BCUT2D eigenvalue weighted by atomic mass is 10.1. The zero-order valence-corrected chi connectivity index (χ0v) is 16.7. The van der Waals surface area contributed by atoms with Crippen molar-refractivity contribution in [1.29, 1.82) is 5.41 Å². The topological polar surface area (TPSA) is 58.0 Å². The Kier molecular flexibility index (Phi) is 5.49. The molecule has 1 aromatic heterocycles. The SMILES string of the molecule is CCn1c(CC[C@@H]2CCCN2Cc2ccccc2)cc2ccc(C(=N)N)cc21. The van der Waals surface area contributed by atoms with E-state index >= 15 is 0 Å². The van der Waals surface area contributed by atoms with Crippen LogP contribution in [0.4, 0.5) is 0 Å². The van der Waals surface area contributed by atoms with Crippen LogP contribution in [0.1, 0.15) is 43.0 Å². The highest BCUT2D eigenvalue weighted by Crippen LogP contribution is 2.27. The van der Waals surface area contributed by atoms with Crippen molar-refractivity contribution in [2.75, 3.05) is 6.54 Å². The molecule has 0 bridgehead atoms. The summed E-state index contributed by atoms with van der Waals surface area (Å²) in [7, 11) is 0. The lowest BCUT2D eigenvalue weighted by molar-refractivity contribution is 0.234. The summed E-state index contributed by atoms with van der Waals surface area (Å²) in [6, 6.07) is 19.9. The molecule has 1 saturated heterocycles. The first-order valence-corrected chi connectivity index (χ1v) is 10.4. The maximum Gasteiger partial charge on any atom is 0.122 e. The number of nitrogen functional groups attached to an aromatic ring is 1. The maximum atomic E-state index is 7.72. The highest BCUT2D eigenvalue weighted by molar-refractivity contribution is 5.98. The average molecular weight is 375 g/mol. The summed E-state index contributed by atoms with van der Waals surface area (Å²) < 4.78 is 2.39. The fourth-order valence-electron chi connectivity index (χ4n) is 4.62. The molecule has 0 amide bonds. The molecule has 2 heterocycles. The van der Waals surface area contributed by atoms with E-state index in [1.807, 2.05) is 6.07 Å². The van der Waals surface area contributed by atoms with Crippen molar-refractivity contribution < 1.29 is 0 Å². The maximum absolute atomic E-state index is 7.72. The Morgan fingerprint density at radius 2 is 1.96 bits per heavy atom. The fraction of sp³-hybridized carbons (Fsp3) is 0.375. The average Bonchev–Trinajstić information content (AvgIpc) is 3.29. The summed E-state index contributed by atoms with van der Waals surface area (Å²) in [5.41, 5.74) is 10.5. The van der Waals surface area contributed by atoms with E-state index in [4.69, 9.17) is 11.1 Å². The van der Waals surface area contributed by atoms with Crippen LogP contribution in [-0.2, 0) is 19.5 Å². The van der Waals surface area contributed by atoms with Gasteiger partial charge in [0.15, 0.2) is 0 Å². The van der Waals surface area contributed by atoms with Crippen LogP contribution in [0.5, 0.6) is 0 Å². The van der Waals surface area contributed by atoms with Gasteiger partial charge in [0, 0.05) is 35.9 Å². The van der Waals surface area contributed by atoms with Gasteiger partial charge in [-0.15, -0.1) is 0 Å². The van der Waals surface area contributed by atoms with E-state index in [1.165, 1.54) is 48.0 Å². The second-order valence-electron chi connectivity index (χ2n) is 7.86. The van der Waals surface area contributed by atoms with Crippen molar-refractivity contribution in [2.24, 2.45) is 5.73 Å². The summed E-state index contributed by atoms with van der Waals surface area (Å²) in [5, 5.41) is 8.96. The molecule has 28 heavy (non-hydrogen) atoms. The quantitative estimate of drug-likeness (QED) is 0.471. The Balaban J connectivity index is 1.49. The third kappa shape index (κ3) is 3.83. The molecule has 0 saturated carbocycles. The molecule has 0 spiro atoms. The Hall–Kier alpha value is -2.59. The number of aryl methyl sites for hydroxylation is 2. The Bertz CT molecular complexity index is 957. The number of rotatable bonds is 7. The van der Waals surface area contributed by atoms with Gasteiger partial charge in [-0.1, -0.05) is 42.5 Å². The predicted octanol–water partition coefficient (Wildman–Crippen LogP) is 4.54. The van der Waals surface area contributed by atoms with Crippen LogP contribution >= 0.6 is 0 Å². The summed E-state index contributed by atoms with van der Waals surface area (Å²) in [6.07, 6.45) is 4.89. The number of nitrogens with one attached hydrogen (secondary N) is 1. The Labute approximate surface area is 167 Å². The van der Waals surface area contributed by atoms with Gasteiger partial charge >= 0.3 is 0 Å². The molecule has 1 aliphatic heterocycles. The molecule has 1 atom stereocenters. The third-order valence-electron chi connectivity index (χ3n) is 6.08. The van der Waals surface area contributed by atoms with Gasteiger partial charge < -0.3 is 10.3 Å². The molecule has 3 aromatic rings. The van der Waals surface area contributed by atoms with Crippen LogP contribution in [0, 0.1) is 5.41 Å². The number of nitrogens with zero attached hydrogens (tertiary/aromatic N) is 2. The minimum atomic E-state index is 0.134. The van der Waals surface area contributed by atoms with Crippen LogP contribution in [0.25, 0.3) is 10.9 Å². The van der Waals surface area contributed by atoms with Gasteiger partial charge in [-0.2, -0.15) is 0 Å². The number of likely N-dealkylation sites (tertiary alicyclic amines) is 1. The van der Waals surface area contributed by atoms with Crippen LogP contribution in [-0.4, -0.2) is 27.9 Å². The summed E-state index contributed by atoms with van der Waals surface area (Å²) in [6.45, 7) is 5.40. The van der Waals surface area contributed by atoms with Gasteiger partial charge in [-0.3, -0.25) is 10.3 Å². The van der Waals surface area contributed by atoms with Gasteiger partial charge in [0.25, 0.3) is 0 Å². The first-order chi connectivity index (χ1) is 13.7. The standard InChI is InChI=1S/C24H30N4/c1-2-28-22(15-19-10-11-20(24(25)26)16-23(19)28)13-12-21-9-6-14-27(21)17-18-7-4-3-5-8-18/h3-5,7-8,10-11,15-16,21H,2,6,9,12-14,17H2,1H3,(H3,25,26)/t21-/m0/s1. The number of nitrogens with two attached hydrogens (primary N) is 1. The molecule has 2 aromatic carbocycles. The summed E-state index contributed by atoms with van der Waals surface area (Å²) in [5.74, 6) is 0.134. The summed E-state index contributed by atoms with van der Waals surface area (Å²) in [4.78, 5) is 2.65. The van der Waals surface area contributed by atoms with Crippen molar-refractivity contribution in [3.05, 3.63) is 71.4 Å². The van der Waals surface area contributed by atoms with E-state index in [9.17, 15) is 0 Å². The van der Waals surface area contributed by atoms with E-state index in [1.54, 1.807) is 0 Å². The zero-order valence-electron chi connectivity index (χ0n) is 16.7. The molecule has 146 valence electrons. The van der Waals surface area contributed by atoms with Gasteiger partial charge in [-0.25, -0.2) is 0 Å². The second-order valence-corrected chi connectivity index (χ2v) is 7.86. The van der Waals surface area contributed by atoms with Crippen LogP contribution in [0.15, 0.2) is 54.6 Å². The van der Waals surface area contributed by atoms with Gasteiger partial charge in [-0.05, 0) is 62.2 Å². The highest BCUT2D eigenvalue weighted by atomic mass is 15.2. The largest absolute Gasteiger partial charge is 0.384 e. The number of hydrogen-bond acceptors (Lipinski definition) is 2. The minimum absolute atomic E-state index is 0.134. The van der Waals surface area contributed by atoms with E-state index in [0.29, 0.717) is 6.04 Å². The number of aromatic nitrogens is 1. The van der Waals surface area contributed by atoms with Crippen molar-refractivity contribution >= 4 is 16.7 Å². The second kappa shape index (κ2) is 8.19. The number of fused-ring (bicyclic) bond motifs is 1. The van der Waals surface area contributed by atoms with E-state index in [2.05, 4.69) is 64.9 Å². The zero-order chi connectivity index (χ0) is 19.5. The number of benzene rings is 2. The molecule has 1 aliphatic rings. The number of hydrogen-bond donors (Lipinski definition) is 2. The van der Waals surface area contributed by atoms with Gasteiger partial charge in [0.1, 0.15) is 5.84 Å². The molecule has 4 heteroatoms. The molecule has 0 radical (unpaired) electrons. The van der Waals surface area contributed by atoms with Gasteiger partial charge in [0.05, 0.1) is 0 Å². The number of amidine groups is 1. The summed E-state index contributed by atoms with van der Waals surface area (Å²) >= 11 is 0. The Morgan fingerprint density at radius 3 is 2.71 bits per heavy atom. The Morgan fingerprint density at radius 1 is 1.14 bits per heavy atom. The lowest BCUT2D eigenvalue weighted by Crippen LogP contribution is -2.29. The smallest absolute Gasteiger partial charge is 0.122 e. The lowest BCUT2D eigenvalue weighted by Gasteiger charge is -2.24. The first-order valence-electron chi connectivity index (χ1n) is 10.4. The normalized spacial score (nSPS) is 17.4. The van der Waals surface area contributed by atoms with Crippen molar-refractivity contribution in [3.63, 3.8) is 0 Å². The van der Waals surface area contributed by atoms with Gasteiger partial charge in [0.2, 0.25) is 0 Å². The molecule has 0 unspecified atom stereocenters. The molecular weight excluding hydrogens is 344 g/mol. The monoisotopic (exact) mass is 374 g/mol. The van der Waals surface area contributed by atoms with Crippen LogP contribution < -0.4 is 5.73 Å². The molecule has 0 aliphatic carbocycles. The molecule has 1 fully saturated rings.